The van der Waals surface area contributed by atoms with Gasteiger partial charge in [-0.15, -0.1) is 0 Å². The summed E-state index contributed by atoms with van der Waals surface area (Å²) in [5.74, 6) is 0.316. The molecule has 1 saturated heterocycles. The van der Waals surface area contributed by atoms with Crippen LogP contribution in [0, 0.1) is 6.92 Å². The highest BCUT2D eigenvalue weighted by molar-refractivity contribution is 7.08. The number of amides is 3. The normalized spacial score (nSPS) is 15.0. The number of rotatable bonds is 10. The monoisotopic (exact) mass is 590 g/mol. The summed E-state index contributed by atoms with van der Waals surface area (Å²) < 4.78 is 5.81. The number of hydrogen-bond acceptors (Lipinski definition) is 8. The summed E-state index contributed by atoms with van der Waals surface area (Å²) in [6.07, 6.45) is 2.84. The molecule has 0 aliphatic carbocycles. The molecule has 2 atom stereocenters. The largest absolute Gasteiger partial charge is 0.489 e. The third-order valence-corrected chi connectivity index (χ3v) is 7.82. The van der Waals surface area contributed by atoms with Crippen LogP contribution in [0.15, 0.2) is 59.4 Å². The smallest absolute Gasteiger partial charge is 0.322 e. The maximum Gasteiger partial charge on any atom is 0.322 e. The molecule has 1 unspecified atom stereocenters. The number of para-hydroxylation sites is 1. The standard InChI is InChI=1S/C18H16N2O2.C12H18N4O3S/c1-12-10-14(16-4-2-3-5-17(16)20-12)11-22-15-8-6-13(7-9-15)18(19)21;1-2-3-9(13-7-17)11(18)16-5-4-8(6-16)10-14-15-12(19)20-10/h2-10H,11H2,1H3,(H2,19,21);7-9H,2-6H2,1H3,(H,13,17)(H,15,19)/t;8-,9?/m.1/s1. The van der Waals surface area contributed by atoms with Crippen molar-refractivity contribution in [3.8, 4) is 5.75 Å². The summed E-state index contributed by atoms with van der Waals surface area (Å²) in [5.41, 5.74) is 8.70. The maximum atomic E-state index is 12.3. The third kappa shape index (κ3) is 7.78. The quantitative estimate of drug-likeness (QED) is 0.239. The van der Waals surface area contributed by atoms with Gasteiger partial charge >= 0.3 is 4.87 Å². The Morgan fingerprint density at radius 2 is 2.00 bits per heavy atom. The third-order valence-electron chi connectivity index (χ3n) is 6.91. The van der Waals surface area contributed by atoms with Gasteiger partial charge in [0.25, 0.3) is 0 Å². The summed E-state index contributed by atoms with van der Waals surface area (Å²) in [6.45, 7) is 5.58. The number of hydrogen-bond donors (Lipinski definition) is 3. The highest BCUT2D eigenvalue weighted by Crippen LogP contribution is 2.27. The number of carbonyl (C=O) groups excluding carboxylic acids is 3. The molecule has 3 amide bonds. The molecule has 0 radical (unpaired) electrons. The predicted molar refractivity (Wildman–Crippen MR) is 160 cm³/mol. The first-order valence-corrected chi connectivity index (χ1v) is 14.5. The Morgan fingerprint density at radius 3 is 2.67 bits per heavy atom. The van der Waals surface area contributed by atoms with Crippen molar-refractivity contribution in [2.75, 3.05) is 13.1 Å². The fraction of sp³-hybridized carbons (Fsp3) is 0.333. The van der Waals surface area contributed by atoms with Crippen molar-refractivity contribution >= 4 is 40.5 Å². The predicted octanol–water partition coefficient (Wildman–Crippen LogP) is 3.28. The molecule has 0 saturated carbocycles. The molecule has 12 heteroatoms. The minimum atomic E-state index is -0.450. The topological polar surface area (TPSA) is 160 Å². The van der Waals surface area contributed by atoms with Crippen molar-refractivity contribution in [1.29, 1.82) is 0 Å². The number of nitrogens with one attached hydrogen (secondary N) is 2. The molecule has 1 aliphatic heterocycles. The Hall–Kier alpha value is -4.58. The first kappa shape index (κ1) is 30.4. The Kier molecular flexibility index (Phi) is 10.4. The summed E-state index contributed by atoms with van der Waals surface area (Å²) in [7, 11) is 0. The van der Waals surface area contributed by atoms with Gasteiger partial charge in [-0.1, -0.05) is 42.9 Å². The molecule has 220 valence electrons. The molecule has 4 aromatic rings. The molecule has 2 aromatic heterocycles. The number of aromatic amines is 1. The maximum absolute atomic E-state index is 12.3. The van der Waals surface area contributed by atoms with Gasteiger partial charge in [0, 0.05) is 41.2 Å². The molecule has 0 spiro atoms. The Morgan fingerprint density at radius 1 is 1.24 bits per heavy atom. The summed E-state index contributed by atoms with van der Waals surface area (Å²) >= 11 is 1.10. The zero-order valence-electron chi connectivity index (χ0n) is 23.5. The van der Waals surface area contributed by atoms with E-state index in [-0.39, 0.29) is 16.7 Å². The van der Waals surface area contributed by atoms with Gasteiger partial charge in [0.15, 0.2) is 0 Å². The van der Waals surface area contributed by atoms with Crippen LogP contribution in [-0.4, -0.2) is 57.4 Å². The highest BCUT2D eigenvalue weighted by Gasteiger charge is 2.32. The molecule has 1 fully saturated rings. The average molecular weight is 591 g/mol. The lowest BCUT2D eigenvalue weighted by Gasteiger charge is -2.22. The van der Waals surface area contributed by atoms with Gasteiger partial charge in [-0.3, -0.25) is 24.2 Å². The first-order chi connectivity index (χ1) is 20.3. The van der Waals surface area contributed by atoms with Crippen LogP contribution >= 0.6 is 11.3 Å². The molecule has 11 nitrogen and oxygen atoms in total. The second-order valence-corrected chi connectivity index (χ2v) is 11.0. The number of aryl methyl sites for hydroxylation is 1. The number of fused-ring (bicyclic) bond motifs is 1. The summed E-state index contributed by atoms with van der Waals surface area (Å²) in [6, 6.07) is 16.4. The molecule has 4 N–H and O–H groups in total. The number of nitrogens with two attached hydrogens (primary N) is 1. The Bertz CT molecular complexity index is 1590. The molecule has 0 bridgehead atoms. The van der Waals surface area contributed by atoms with E-state index in [0.717, 1.165) is 51.3 Å². The van der Waals surface area contributed by atoms with Gasteiger partial charge in [0.1, 0.15) is 23.4 Å². The SMILES string of the molecule is CCCC(NC=O)C(=O)N1CC[C@@H](c2n[nH]c(=O)s2)C1.Cc1cc(COc2ccc(C(N)=O)cc2)c2ccccc2n1. The van der Waals surface area contributed by atoms with Crippen LogP contribution in [0.5, 0.6) is 5.75 Å². The van der Waals surface area contributed by atoms with E-state index in [9.17, 15) is 19.2 Å². The van der Waals surface area contributed by atoms with Crippen LogP contribution in [0.1, 0.15) is 58.7 Å². The molecular weight excluding hydrogens is 556 g/mol. The number of benzene rings is 2. The Labute approximate surface area is 247 Å². The van der Waals surface area contributed by atoms with Gasteiger partial charge in [0.2, 0.25) is 18.2 Å². The number of nitrogens with zero attached hydrogens (tertiary/aromatic N) is 3. The van der Waals surface area contributed by atoms with Gasteiger partial charge in [-0.05, 0) is 56.2 Å². The molecule has 1 aliphatic rings. The number of primary amides is 1. The van der Waals surface area contributed by atoms with E-state index in [1.807, 2.05) is 44.2 Å². The molecule has 2 aromatic carbocycles. The van der Waals surface area contributed by atoms with Crippen LogP contribution in [0.4, 0.5) is 0 Å². The van der Waals surface area contributed by atoms with Crippen LogP contribution in [0.3, 0.4) is 0 Å². The zero-order chi connectivity index (χ0) is 30.1. The van der Waals surface area contributed by atoms with Crippen molar-refractivity contribution in [2.45, 2.75) is 51.7 Å². The number of ether oxygens (including phenoxy) is 1. The van der Waals surface area contributed by atoms with E-state index in [2.05, 4.69) is 20.5 Å². The molecule has 3 heterocycles. The first-order valence-electron chi connectivity index (χ1n) is 13.7. The lowest BCUT2D eigenvalue weighted by Crippen LogP contribution is -2.45. The number of carbonyl (C=O) groups is 3. The van der Waals surface area contributed by atoms with Gasteiger partial charge < -0.3 is 20.7 Å². The average Bonchev–Trinajstić information content (AvgIpc) is 3.65. The number of likely N-dealkylation sites (tertiary alicyclic amines) is 1. The second-order valence-electron chi connectivity index (χ2n) is 9.96. The second kappa shape index (κ2) is 14.4. The molecule has 42 heavy (non-hydrogen) atoms. The Balaban J connectivity index is 0.000000194. The van der Waals surface area contributed by atoms with Gasteiger partial charge in [-0.2, -0.15) is 5.10 Å². The minimum Gasteiger partial charge on any atom is -0.489 e. The zero-order valence-corrected chi connectivity index (χ0v) is 24.4. The van der Waals surface area contributed by atoms with E-state index in [0.29, 0.717) is 43.8 Å². The number of aromatic nitrogens is 3. The van der Waals surface area contributed by atoms with E-state index in [1.165, 1.54) is 0 Å². The minimum absolute atomic E-state index is 0.0515. The van der Waals surface area contributed by atoms with Crippen molar-refractivity contribution in [3.05, 3.63) is 86.1 Å². The van der Waals surface area contributed by atoms with E-state index >= 15 is 0 Å². The van der Waals surface area contributed by atoms with Gasteiger partial charge in [0.05, 0.1) is 5.52 Å². The van der Waals surface area contributed by atoms with Crippen LogP contribution in [0.2, 0.25) is 0 Å². The van der Waals surface area contributed by atoms with E-state index in [4.69, 9.17) is 10.5 Å². The fourth-order valence-electron chi connectivity index (χ4n) is 4.84. The van der Waals surface area contributed by atoms with Crippen LogP contribution in [0.25, 0.3) is 10.9 Å². The van der Waals surface area contributed by atoms with Crippen molar-refractivity contribution < 1.29 is 19.1 Å². The molecular formula is C30H34N6O5S. The van der Waals surface area contributed by atoms with Crippen molar-refractivity contribution in [2.24, 2.45) is 5.73 Å². The lowest BCUT2D eigenvalue weighted by molar-refractivity contribution is -0.134. The fourth-order valence-corrected chi connectivity index (χ4v) is 5.57. The number of pyridine rings is 1. The van der Waals surface area contributed by atoms with Crippen molar-refractivity contribution in [3.63, 3.8) is 0 Å². The van der Waals surface area contributed by atoms with Crippen molar-refractivity contribution in [1.82, 2.24) is 25.4 Å². The summed E-state index contributed by atoms with van der Waals surface area (Å²) in [4.78, 5) is 51.1. The van der Waals surface area contributed by atoms with E-state index in [1.54, 1.807) is 29.2 Å². The number of H-pyrrole nitrogens is 1. The van der Waals surface area contributed by atoms with E-state index < -0.39 is 11.9 Å². The molecule has 5 rings (SSSR count). The van der Waals surface area contributed by atoms with Crippen LogP contribution < -0.4 is 20.7 Å². The van der Waals surface area contributed by atoms with Crippen LogP contribution in [-0.2, 0) is 16.2 Å². The highest BCUT2D eigenvalue weighted by atomic mass is 32.1. The lowest BCUT2D eigenvalue weighted by atomic mass is 10.1. The van der Waals surface area contributed by atoms with Gasteiger partial charge in [-0.25, -0.2) is 5.10 Å². The summed E-state index contributed by atoms with van der Waals surface area (Å²) in [5, 5.41) is 10.8.